The maximum Gasteiger partial charge on any atom is 0.308 e. The van der Waals surface area contributed by atoms with Crippen LogP contribution in [0.2, 0.25) is 0 Å². The van der Waals surface area contributed by atoms with Crippen molar-refractivity contribution in [3.05, 3.63) is 0 Å². The number of hydrogen-bond donors (Lipinski definition) is 1. The minimum atomic E-state index is -0.562. The van der Waals surface area contributed by atoms with E-state index in [1.54, 1.807) is 0 Å². The van der Waals surface area contributed by atoms with Crippen LogP contribution in [0, 0.1) is 5.92 Å². The third-order valence-corrected chi connectivity index (χ3v) is 5.86. The van der Waals surface area contributed by atoms with Gasteiger partial charge >= 0.3 is 5.97 Å². The van der Waals surface area contributed by atoms with E-state index in [0.29, 0.717) is 18.1 Å². The van der Waals surface area contributed by atoms with Gasteiger partial charge in [0.25, 0.3) is 0 Å². The Morgan fingerprint density at radius 2 is 1.89 bits per heavy atom. The summed E-state index contributed by atoms with van der Waals surface area (Å²) in [7, 11) is 0. The Morgan fingerprint density at radius 1 is 1.00 bits per heavy atom. The second-order valence-electron chi connectivity index (χ2n) is 6.53. The Labute approximate surface area is 108 Å². The summed E-state index contributed by atoms with van der Waals surface area (Å²) in [6.45, 7) is 2.51. The molecule has 18 heavy (non-hydrogen) atoms. The highest BCUT2D eigenvalue weighted by Crippen LogP contribution is 2.46. The van der Waals surface area contributed by atoms with Crippen molar-refractivity contribution in [3.63, 3.8) is 0 Å². The second-order valence-corrected chi connectivity index (χ2v) is 6.53. The standard InChI is InChI=1S/C14H22N2O2/c17-14(18)10-8-9-3-4-11(10)16(9)13-5-7-15-6-1-2-12(13)15/h9-13H,1-8H2,(H,17,18). The van der Waals surface area contributed by atoms with E-state index in [9.17, 15) is 9.90 Å². The van der Waals surface area contributed by atoms with Crippen LogP contribution in [0.5, 0.6) is 0 Å². The van der Waals surface area contributed by atoms with E-state index in [-0.39, 0.29) is 5.92 Å². The number of nitrogens with zero attached hydrogens (tertiary/aromatic N) is 2. The zero-order valence-electron chi connectivity index (χ0n) is 10.8. The van der Waals surface area contributed by atoms with Gasteiger partial charge in [-0.25, -0.2) is 0 Å². The topological polar surface area (TPSA) is 43.8 Å². The number of carboxylic acid groups (broad SMARTS) is 1. The van der Waals surface area contributed by atoms with Gasteiger partial charge in [-0.1, -0.05) is 0 Å². The number of carboxylic acids is 1. The molecule has 4 fully saturated rings. The molecule has 4 aliphatic heterocycles. The lowest BCUT2D eigenvalue weighted by atomic mass is 9.89. The molecular formula is C14H22N2O2. The lowest BCUT2D eigenvalue weighted by Crippen LogP contribution is -2.46. The molecule has 0 saturated carbocycles. The van der Waals surface area contributed by atoms with Crippen LogP contribution >= 0.6 is 0 Å². The van der Waals surface area contributed by atoms with Gasteiger partial charge in [0.1, 0.15) is 0 Å². The van der Waals surface area contributed by atoms with E-state index >= 15 is 0 Å². The summed E-state index contributed by atoms with van der Waals surface area (Å²) in [4.78, 5) is 16.6. The molecule has 5 atom stereocenters. The first-order valence-electron chi connectivity index (χ1n) is 7.50. The highest BCUT2D eigenvalue weighted by Gasteiger charge is 2.54. The first-order chi connectivity index (χ1) is 8.75. The number of hydrogen-bond acceptors (Lipinski definition) is 3. The fraction of sp³-hybridized carbons (Fsp3) is 0.929. The molecule has 4 heteroatoms. The molecule has 4 saturated heterocycles. The maximum atomic E-state index is 11.3. The van der Waals surface area contributed by atoms with E-state index in [0.717, 1.165) is 18.9 Å². The average Bonchev–Trinajstić information content (AvgIpc) is 3.06. The monoisotopic (exact) mass is 250 g/mol. The van der Waals surface area contributed by atoms with Crippen LogP contribution < -0.4 is 0 Å². The molecule has 0 amide bonds. The van der Waals surface area contributed by atoms with E-state index in [1.165, 1.54) is 38.8 Å². The van der Waals surface area contributed by atoms with Gasteiger partial charge < -0.3 is 5.11 Å². The van der Waals surface area contributed by atoms with Crippen LogP contribution in [0.4, 0.5) is 0 Å². The molecule has 4 rings (SSSR count). The smallest absolute Gasteiger partial charge is 0.308 e. The number of aliphatic carboxylic acids is 1. The molecule has 0 spiro atoms. The number of fused-ring (bicyclic) bond motifs is 3. The highest BCUT2D eigenvalue weighted by atomic mass is 16.4. The van der Waals surface area contributed by atoms with Gasteiger partial charge in [-0.15, -0.1) is 0 Å². The molecule has 4 heterocycles. The zero-order chi connectivity index (χ0) is 12.3. The maximum absolute atomic E-state index is 11.3. The third-order valence-electron chi connectivity index (χ3n) is 5.86. The summed E-state index contributed by atoms with van der Waals surface area (Å²) in [6, 6.07) is 2.31. The second kappa shape index (κ2) is 3.94. The summed E-state index contributed by atoms with van der Waals surface area (Å²) < 4.78 is 0. The predicted octanol–water partition coefficient (Wildman–Crippen LogP) is 1.16. The van der Waals surface area contributed by atoms with Crippen molar-refractivity contribution in [1.29, 1.82) is 0 Å². The van der Waals surface area contributed by atoms with Gasteiger partial charge in [0, 0.05) is 30.7 Å². The Balaban J connectivity index is 1.57. The molecule has 0 radical (unpaired) electrons. The summed E-state index contributed by atoms with van der Waals surface area (Å²) in [5.41, 5.74) is 0. The van der Waals surface area contributed by atoms with Crippen LogP contribution in [0.15, 0.2) is 0 Å². The van der Waals surface area contributed by atoms with E-state index in [1.807, 2.05) is 0 Å². The zero-order valence-corrected chi connectivity index (χ0v) is 10.8. The van der Waals surface area contributed by atoms with Gasteiger partial charge in [0.2, 0.25) is 0 Å². The van der Waals surface area contributed by atoms with E-state index in [2.05, 4.69) is 9.80 Å². The minimum absolute atomic E-state index is 0.0841. The SMILES string of the molecule is O=C(O)C1CC2CCC1N2C1CCN2CCCC12. The molecule has 0 aromatic carbocycles. The average molecular weight is 250 g/mol. The molecular weight excluding hydrogens is 228 g/mol. The summed E-state index contributed by atoms with van der Waals surface area (Å²) in [5.74, 6) is -0.646. The first kappa shape index (κ1) is 11.2. The van der Waals surface area contributed by atoms with Gasteiger partial charge in [-0.2, -0.15) is 0 Å². The van der Waals surface area contributed by atoms with Crippen molar-refractivity contribution >= 4 is 5.97 Å². The molecule has 4 aliphatic rings. The largest absolute Gasteiger partial charge is 0.481 e. The fourth-order valence-electron chi connectivity index (χ4n) is 5.22. The van der Waals surface area contributed by atoms with E-state index in [4.69, 9.17) is 0 Å². The third kappa shape index (κ3) is 1.42. The molecule has 0 aromatic heterocycles. The number of rotatable bonds is 2. The van der Waals surface area contributed by atoms with Crippen LogP contribution in [-0.4, -0.2) is 58.1 Å². The molecule has 0 aliphatic carbocycles. The van der Waals surface area contributed by atoms with Crippen molar-refractivity contribution in [2.24, 2.45) is 5.92 Å². The van der Waals surface area contributed by atoms with Gasteiger partial charge in [0.15, 0.2) is 0 Å². The molecule has 0 aromatic rings. The summed E-state index contributed by atoms with van der Waals surface area (Å²) in [5, 5.41) is 9.35. The Kier molecular flexibility index (Phi) is 2.46. The van der Waals surface area contributed by atoms with Crippen LogP contribution in [-0.2, 0) is 4.79 Å². The van der Waals surface area contributed by atoms with Crippen LogP contribution in [0.25, 0.3) is 0 Å². The lowest BCUT2D eigenvalue weighted by Gasteiger charge is -2.33. The van der Waals surface area contributed by atoms with Crippen molar-refractivity contribution < 1.29 is 9.90 Å². The Bertz CT molecular complexity index is 373. The normalized spacial score (nSPS) is 47.9. The van der Waals surface area contributed by atoms with Crippen LogP contribution in [0.1, 0.15) is 38.5 Å². The molecule has 5 unspecified atom stereocenters. The van der Waals surface area contributed by atoms with Crippen molar-refractivity contribution in [2.75, 3.05) is 13.1 Å². The van der Waals surface area contributed by atoms with Gasteiger partial charge in [-0.05, 0) is 45.1 Å². The van der Waals surface area contributed by atoms with Gasteiger partial charge in [-0.3, -0.25) is 14.6 Å². The number of carbonyl (C=O) groups is 1. The van der Waals surface area contributed by atoms with Crippen molar-refractivity contribution in [2.45, 2.75) is 62.7 Å². The lowest BCUT2D eigenvalue weighted by molar-refractivity contribution is -0.142. The highest BCUT2D eigenvalue weighted by molar-refractivity contribution is 5.71. The van der Waals surface area contributed by atoms with Crippen LogP contribution in [0.3, 0.4) is 0 Å². The van der Waals surface area contributed by atoms with E-state index < -0.39 is 5.97 Å². The van der Waals surface area contributed by atoms with Gasteiger partial charge in [0.05, 0.1) is 5.92 Å². The first-order valence-corrected chi connectivity index (χ1v) is 7.50. The predicted molar refractivity (Wildman–Crippen MR) is 67.4 cm³/mol. The molecule has 1 N–H and O–H groups in total. The molecule has 4 nitrogen and oxygen atoms in total. The van der Waals surface area contributed by atoms with Crippen molar-refractivity contribution in [1.82, 2.24) is 9.80 Å². The summed E-state index contributed by atoms with van der Waals surface area (Å²) >= 11 is 0. The minimum Gasteiger partial charge on any atom is -0.481 e. The Hall–Kier alpha value is -0.610. The Morgan fingerprint density at radius 3 is 2.67 bits per heavy atom. The summed E-state index contributed by atoms with van der Waals surface area (Å²) in [6.07, 6.45) is 7.20. The fourth-order valence-corrected chi connectivity index (χ4v) is 5.22. The molecule has 2 bridgehead atoms. The quantitative estimate of drug-likeness (QED) is 0.799. The van der Waals surface area contributed by atoms with Crippen molar-refractivity contribution in [3.8, 4) is 0 Å². The molecule has 100 valence electrons.